The molecule has 1 atom stereocenters. The summed E-state index contributed by atoms with van der Waals surface area (Å²) < 4.78 is 11.0. The number of carboxylic acids is 1. The molecule has 5 heteroatoms. The molecule has 1 aliphatic carbocycles. The van der Waals surface area contributed by atoms with Crippen molar-refractivity contribution < 1.29 is 24.2 Å². The molecule has 2 rings (SSSR count). The molecule has 0 saturated carbocycles. The Morgan fingerprint density at radius 1 is 1.18 bits per heavy atom. The molecular formula is C17H22O5. The molecule has 1 N–H and O–H groups in total. The number of ketones is 1. The standard InChI is InChI=1S/C17H22O5/c1-10(2)16(17(19)20)22-14-9-8-13(21-3)11-6-4-5-7-12(18)15(11)14/h8-10,16H,4-7H2,1-3H3,(H,19,20). The second kappa shape index (κ2) is 6.81. The highest BCUT2D eigenvalue weighted by Crippen LogP contribution is 2.36. The lowest BCUT2D eigenvalue weighted by Crippen LogP contribution is -2.32. The van der Waals surface area contributed by atoms with Crippen molar-refractivity contribution >= 4 is 11.8 Å². The predicted molar refractivity (Wildman–Crippen MR) is 81.8 cm³/mol. The molecular weight excluding hydrogens is 284 g/mol. The van der Waals surface area contributed by atoms with Gasteiger partial charge in [0.25, 0.3) is 0 Å². The summed E-state index contributed by atoms with van der Waals surface area (Å²) in [7, 11) is 1.57. The third-order valence-electron chi connectivity index (χ3n) is 3.91. The summed E-state index contributed by atoms with van der Waals surface area (Å²) >= 11 is 0. The summed E-state index contributed by atoms with van der Waals surface area (Å²) in [6, 6.07) is 3.38. The van der Waals surface area contributed by atoms with Crippen molar-refractivity contribution in [2.75, 3.05) is 7.11 Å². The molecule has 22 heavy (non-hydrogen) atoms. The number of Topliss-reactive ketones (excluding diaryl/α,β-unsaturated/α-hetero) is 1. The number of methoxy groups -OCH3 is 1. The number of fused-ring (bicyclic) bond motifs is 1. The molecule has 1 aromatic carbocycles. The Labute approximate surface area is 130 Å². The van der Waals surface area contributed by atoms with Crippen molar-refractivity contribution in [2.24, 2.45) is 5.92 Å². The van der Waals surface area contributed by atoms with Crippen LogP contribution in [0.5, 0.6) is 11.5 Å². The van der Waals surface area contributed by atoms with E-state index in [-0.39, 0.29) is 11.7 Å². The van der Waals surface area contributed by atoms with Gasteiger partial charge in [0, 0.05) is 17.9 Å². The first-order valence-electron chi connectivity index (χ1n) is 7.58. The highest BCUT2D eigenvalue weighted by atomic mass is 16.5. The van der Waals surface area contributed by atoms with Crippen LogP contribution in [-0.4, -0.2) is 30.1 Å². The highest BCUT2D eigenvalue weighted by molar-refractivity contribution is 6.01. The van der Waals surface area contributed by atoms with E-state index in [0.29, 0.717) is 23.5 Å². The summed E-state index contributed by atoms with van der Waals surface area (Å²) in [5.74, 6) is -0.219. The van der Waals surface area contributed by atoms with Crippen LogP contribution in [-0.2, 0) is 11.2 Å². The minimum absolute atomic E-state index is 0.00528. The number of ether oxygens (including phenoxy) is 2. The van der Waals surface area contributed by atoms with Gasteiger partial charge in [0.1, 0.15) is 11.5 Å². The van der Waals surface area contributed by atoms with Crippen LogP contribution in [0, 0.1) is 5.92 Å². The lowest BCUT2D eigenvalue weighted by atomic mass is 9.99. The minimum atomic E-state index is -1.03. The summed E-state index contributed by atoms with van der Waals surface area (Å²) in [4.78, 5) is 23.8. The van der Waals surface area contributed by atoms with E-state index >= 15 is 0 Å². The van der Waals surface area contributed by atoms with Crippen molar-refractivity contribution in [1.29, 1.82) is 0 Å². The second-order valence-corrected chi connectivity index (χ2v) is 5.87. The molecule has 120 valence electrons. The van der Waals surface area contributed by atoms with Gasteiger partial charge in [0.15, 0.2) is 11.9 Å². The molecule has 0 aliphatic heterocycles. The van der Waals surface area contributed by atoms with E-state index in [1.165, 1.54) is 0 Å². The fourth-order valence-electron chi connectivity index (χ4n) is 2.77. The first kappa shape index (κ1) is 16.3. The molecule has 0 heterocycles. The largest absolute Gasteiger partial charge is 0.496 e. The summed E-state index contributed by atoms with van der Waals surface area (Å²) in [5, 5.41) is 9.30. The zero-order chi connectivity index (χ0) is 16.3. The van der Waals surface area contributed by atoms with Gasteiger partial charge in [0.05, 0.1) is 12.7 Å². The highest BCUT2D eigenvalue weighted by Gasteiger charge is 2.28. The quantitative estimate of drug-likeness (QED) is 0.846. The topological polar surface area (TPSA) is 72.8 Å². The van der Waals surface area contributed by atoms with E-state index in [9.17, 15) is 14.7 Å². The van der Waals surface area contributed by atoms with Crippen LogP contribution >= 0.6 is 0 Å². The number of hydrogen-bond acceptors (Lipinski definition) is 4. The van der Waals surface area contributed by atoms with Crippen LogP contribution in [0.4, 0.5) is 0 Å². The molecule has 1 aromatic rings. The lowest BCUT2D eigenvalue weighted by molar-refractivity contribution is -0.147. The van der Waals surface area contributed by atoms with Crippen molar-refractivity contribution in [1.82, 2.24) is 0 Å². The van der Waals surface area contributed by atoms with Crippen LogP contribution in [0.25, 0.3) is 0 Å². The van der Waals surface area contributed by atoms with Crippen LogP contribution < -0.4 is 9.47 Å². The van der Waals surface area contributed by atoms with Gasteiger partial charge in [-0.3, -0.25) is 4.79 Å². The summed E-state index contributed by atoms with van der Waals surface area (Å²) in [6.07, 6.45) is 1.94. The van der Waals surface area contributed by atoms with Crippen LogP contribution in [0.3, 0.4) is 0 Å². The SMILES string of the molecule is COc1ccc(OC(C(=O)O)C(C)C)c2c1CCCCC2=O. The number of carbonyl (C=O) groups is 2. The fraction of sp³-hybridized carbons (Fsp3) is 0.529. The smallest absolute Gasteiger partial charge is 0.345 e. The number of rotatable bonds is 5. The molecule has 1 aliphatic rings. The summed E-state index contributed by atoms with van der Waals surface area (Å²) in [5.41, 5.74) is 1.32. The van der Waals surface area contributed by atoms with Gasteiger partial charge >= 0.3 is 5.97 Å². The summed E-state index contributed by atoms with van der Waals surface area (Å²) in [6.45, 7) is 3.56. The number of carbonyl (C=O) groups excluding carboxylic acids is 1. The van der Waals surface area contributed by atoms with E-state index < -0.39 is 12.1 Å². The van der Waals surface area contributed by atoms with Gasteiger partial charge in [-0.1, -0.05) is 13.8 Å². The van der Waals surface area contributed by atoms with Gasteiger partial charge in [-0.2, -0.15) is 0 Å². The van der Waals surface area contributed by atoms with E-state index in [1.54, 1.807) is 33.1 Å². The average Bonchev–Trinajstić information content (AvgIpc) is 2.66. The zero-order valence-corrected chi connectivity index (χ0v) is 13.2. The molecule has 0 fully saturated rings. The Morgan fingerprint density at radius 2 is 1.82 bits per heavy atom. The predicted octanol–water partition coefficient (Wildman–Crippen LogP) is 3.09. The van der Waals surface area contributed by atoms with E-state index in [2.05, 4.69) is 0 Å². The molecule has 0 saturated heterocycles. The van der Waals surface area contributed by atoms with Crippen LogP contribution in [0.15, 0.2) is 12.1 Å². The Balaban J connectivity index is 2.48. The molecule has 0 spiro atoms. The second-order valence-electron chi connectivity index (χ2n) is 5.87. The maximum Gasteiger partial charge on any atom is 0.345 e. The third-order valence-corrected chi connectivity index (χ3v) is 3.91. The number of carboxylic acid groups (broad SMARTS) is 1. The molecule has 0 aromatic heterocycles. The van der Waals surface area contributed by atoms with Crippen LogP contribution in [0.2, 0.25) is 0 Å². The lowest BCUT2D eigenvalue weighted by Gasteiger charge is -2.22. The van der Waals surface area contributed by atoms with Crippen molar-refractivity contribution in [3.63, 3.8) is 0 Å². The number of aliphatic carboxylic acids is 1. The van der Waals surface area contributed by atoms with Crippen molar-refractivity contribution in [3.05, 3.63) is 23.3 Å². The van der Waals surface area contributed by atoms with Gasteiger partial charge in [-0.15, -0.1) is 0 Å². The van der Waals surface area contributed by atoms with E-state index in [4.69, 9.17) is 9.47 Å². The van der Waals surface area contributed by atoms with E-state index in [0.717, 1.165) is 24.8 Å². The molecule has 0 amide bonds. The minimum Gasteiger partial charge on any atom is -0.496 e. The first-order valence-corrected chi connectivity index (χ1v) is 7.58. The zero-order valence-electron chi connectivity index (χ0n) is 13.2. The van der Waals surface area contributed by atoms with E-state index in [1.807, 2.05) is 0 Å². The first-order chi connectivity index (χ1) is 10.5. The van der Waals surface area contributed by atoms with Gasteiger partial charge < -0.3 is 14.6 Å². The Bertz CT molecular complexity index is 577. The number of benzene rings is 1. The van der Waals surface area contributed by atoms with Gasteiger partial charge in [0.2, 0.25) is 0 Å². The molecule has 1 unspecified atom stereocenters. The molecule has 5 nitrogen and oxygen atoms in total. The Kier molecular flexibility index (Phi) is 5.06. The van der Waals surface area contributed by atoms with Crippen LogP contribution in [0.1, 0.15) is 49.0 Å². The monoisotopic (exact) mass is 306 g/mol. The fourth-order valence-corrected chi connectivity index (χ4v) is 2.77. The maximum absolute atomic E-state index is 12.4. The van der Waals surface area contributed by atoms with Crippen molar-refractivity contribution in [2.45, 2.75) is 45.6 Å². The number of hydrogen-bond donors (Lipinski definition) is 1. The average molecular weight is 306 g/mol. The molecule has 0 bridgehead atoms. The van der Waals surface area contributed by atoms with Crippen molar-refractivity contribution in [3.8, 4) is 11.5 Å². The Hall–Kier alpha value is -2.04. The van der Waals surface area contributed by atoms with Gasteiger partial charge in [-0.05, 0) is 31.4 Å². The Morgan fingerprint density at radius 3 is 2.41 bits per heavy atom. The third kappa shape index (κ3) is 3.24. The molecule has 0 radical (unpaired) electrons. The van der Waals surface area contributed by atoms with Gasteiger partial charge in [-0.25, -0.2) is 4.79 Å². The maximum atomic E-state index is 12.4. The normalized spacial score (nSPS) is 15.9.